The number of amides is 1. The van der Waals surface area contributed by atoms with E-state index < -0.39 is 0 Å². The summed E-state index contributed by atoms with van der Waals surface area (Å²) in [6, 6.07) is 6.41. The summed E-state index contributed by atoms with van der Waals surface area (Å²) in [6.45, 7) is 0. The van der Waals surface area contributed by atoms with Crippen LogP contribution in [-0.4, -0.2) is 45.9 Å². The van der Waals surface area contributed by atoms with Crippen molar-refractivity contribution >= 4 is 34.0 Å². The van der Waals surface area contributed by atoms with Gasteiger partial charge in [-0.15, -0.1) is 11.3 Å². The first-order valence-electron chi connectivity index (χ1n) is 9.23. The number of carbonyl (C=O) groups excluding carboxylic acids is 1. The number of aromatic nitrogens is 3. The predicted octanol–water partition coefficient (Wildman–Crippen LogP) is 3.81. The van der Waals surface area contributed by atoms with Gasteiger partial charge in [-0.05, 0) is 51.9 Å². The summed E-state index contributed by atoms with van der Waals surface area (Å²) in [5.74, 6) is 0.698. The van der Waals surface area contributed by atoms with Crippen molar-refractivity contribution in [2.75, 3.05) is 19.4 Å². The summed E-state index contributed by atoms with van der Waals surface area (Å²) < 4.78 is 0. The third kappa shape index (κ3) is 3.99. The lowest BCUT2D eigenvalue weighted by atomic mass is 9.85. The number of hydrogen-bond donors (Lipinski definition) is 1. The Morgan fingerprint density at radius 2 is 2.00 bits per heavy atom. The van der Waals surface area contributed by atoms with Crippen LogP contribution < -0.4 is 5.32 Å². The minimum Gasteiger partial charge on any atom is -0.310 e. The number of nitrogens with one attached hydrogen (secondary N) is 1. The maximum absolute atomic E-state index is 12.6. The molecule has 0 aliphatic heterocycles. The maximum atomic E-state index is 12.6. The highest BCUT2D eigenvalue weighted by Crippen LogP contribution is 2.28. The Morgan fingerprint density at radius 1 is 1.19 bits per heavy atom. The second kappa shape index (κ2) is 7.70. The summed E-state index contributed by atoms with van der Waals surface area (Å²) in [4.78, 5) is 29.1. The Balaban J connectivity index is 1.48. The molecule has 7 heteroatoms. The lowest BCUT2D eigenvalue weighted by Crippen LogP contribution is -2.35. The number of hydrogen-bond acceptors (Lipinski definition) is 6. The first-order chi connectivity index (χ1) is 13.1. The number of rotatable bonds is 4. The molecule has 1 aliphatic carbocycles. The topological polar surface area (TPSA) is 71.0 Å². The van der Waals surface area contributed by atoms with Gasteiger partial charge in [0, 0.05) is 35.8 Å². The molecule has 1 fully saturated rings. The number of pyridine rings is 2. The second-order valence-corrected chi connectivity index (χ2v) is 8.17. The summed E-state index contributed by atoms with van der Waals surface area (Å²) >= 11 is 1.56. The van der Waals surface area contributed by atoms with Crippen molar-refractivity contribution in [3.8, 4) is 10.6 Å². The van der Waals surface area contributed by atoms with Crippen LogP contribution in [-0.2, 0) is 4.79 Å². The van der Waals surface area contributed by atoms with Crippen LogP contribution >= 0.6 is 11.3 Å². The number of carbonyl (C=O) groups is 1. The summed E-state index contributed by atoms with van der Waals surface area (Å²) in [5, 5.41) is 3.94. The van der Waals surface area contributed by atoms with E-state index in [1.54, 1.807) is 23.0 Å². The minimum atomic E-state index is 0.0650. The highest BCUT2D eigenvalue weighted by molar-refractivity contribution is 7.13. The van der Waals surface area contributed by atoms with Gasteiger partial charge < -0.3 is 10.2 Å². The quantitative estimate of drug-likeness (QED) is 0.744. The fraction of sp³-hybridized carbons (Fsp3) is 0.400. The van der Waals surface area contributed by atoms with Crippen molar-refractivity contribution in [1.82, 2.24) is 19.9 Å². The van der Waals surface area contributed by atoms with Crippen molar-refractivity contribution in [3.05, 3.63) is 36.1 Å². The van der Waals surface area contributed by atoms with Crippen LogP contribution in [0.25, 0.3) is 21.5 Å². The zero-order valence-electron chi connectivity index (χ0n) is 15.6. The average Bonchev–Trinajstić information content (AvgIpc) is 3.22. The molecule has 0 radical (unpaired) electrons. The minimum absolute atomic E-state index is 0.0650. The molecule has 3 aromatic rings. The van der Waals surface area contributed by atoms with Gasteiger partial charge in [-0.1, -0.05) is 0 Å². The van der Waals surface area contributed by atoms with Crippen molar-refractivity contribution in [2.45, 2.75) is 31.7 Å². The van der Waals surface area contributed by atoms with Gasteiger partial charge in [-0.3, -0.25) is 9.78 Å². The molecule has 0 atom stereocenters. The van der Waals surface area contributed by atoms with Crippen LogP contribution in [0.1, 0.15) is 25.7 Å². The Morgan fingerprint density at radius 3 is 2.70 bits per heavy atom. The first kappa shape index (κ1) is 18.0. The summed E-state index contributed by atoms with van der Waals surface area (Å²) in [5.41, 5.74) is 3.50. The molecule has 1 amide bonds. The van der Waals surface area contributed by atoms with Crippen molar-refractivity contribution < 1.29 is 4.79 Å². The molecule has 1 N–H and O–H groups in total. The first-order valence-corrected chi connectivity index (χ1v) is 10.1. The van der Waals surface area contributed by atoms with E-state index in [9.17, 15) is 4.79 Å². The summed E-state index contributed by atoms with van der Waals surface area (Å²) in [6.07, 6.45) is 7.56. The van der Waals surface area contributed by atoms with Gasteiger partial charge in [0.05, 0.1) is 21.6 Å². The van der Waals surface area contributed by atoms with E-state index in [4.69, 9.17) is 4.98 Å². The van der Waals surface area contributed by atoms with Crippen LogP contribution in [0.15, 0.2) is 36.1 Å². The predicted molar refractivity (Wildman–Crippen MR) is 109 cm³/mol. The second-order valence-electron chi connectivity index (χ2n) is 7.28. The number of thiazole rings is 1. The Kier molecular flexibility index (Phi) is 5.13. The molecule has 0 aromatic carbocycles. The van der Waals surface area contributed by atoms with Crippen LogP contribution in [0.4, 0.5) is 5.82 Å². The van der Waals surface area contributed by atoms with E-state index in [1.165, 1.54) is 0 Å². The van der Waals surface area contributed by atoms with Gasteiger partial charge in [0.15, 0.2) is 0 Å². The Hall–Kier alpha value is -2.38. The van der Waals surface area contributed by atoms with Gasteiger partial charge >= 0.3 is 0 Å². The molecule has 6 nitrogen and oxygen atoms in total. The van der Waals surface area contributed by atoms with Crippen LogP contribution in [0.3, 0.4) is 0 Å². The van der Waals surface area contributed by atoms with Crippen LogP contribution in [0.5, 0.6) is 0 Å². The molecule has 27 heavy (non-hydrogen) atoms. The Labute approximate surface area is 162 Å². The molecule has 0 unspecified atom stereocenters. The molecular formula is C20H23N5OS. The molecule has 1 saturated carbocycles. The highest BCUT2D eigenvalue weighted by atomic mass is 32.1. The van der Waals surface area contributed by atoms with E-state index in [0.29, 0.717) is 11.9 Å². The molecular weight excluding hydrogens is 358 g/mol. The molecule has 4 rings (SSSR count). The average molecular weight is 382 g/mol. The standard InChI is InChI=1S/C20H23N5OS/c1-25(2)15-6-3-13(4-7-15)20(26)24-19-9-17-14(10-22-19)5-8-16(23-17)18-11-21-12-27-18/h5,8-13,15H,3-4,6-7H2,1-2H3,(H,22,24,26). The molecule has 0 spiro atoms. The van der Waals surface area contributed by atoms with Crippen molar-refractivity contribution in [2.24, 2.45) is 5.92 Å². The zero-order valence-corrected chi connectivity index (χ0v) is 16.4. The van der Waals surface area contributed by atoms with Crippen LogP contribution in [0.2, 0.25) is 0 Å². The van der Waals surface area contributed by atoms with E-state index >= 15 is 0 Å². The molecule has 0 bridgehead atoms. The van der Waals surface area contributed by atoms with Gasteiger partial charge in [0.25, 0.3) is 0 Å². The van der Waals surface area contributed by atoms with Crippen molar-refractivity contribution in [3.63, 3.8) is 0 Å². The van der Waals surface area contributed by atoms with E-state index in [-0.39, 0.29) is 11.8 Å². The molecule has 140 valence electrons. The SMILES string of the molecule is CN(C)C1CCC(C(=O)Nc2cc3nc(-c4cncs4)ccc3cn2)CC1. The van der Waals surface area contributed by atoms with Gasteiger partial charge in [0.1, 0.15) is 5.82 Å². The van der Waals surface area contributed by atoms with Gasteiger partial charge in [-0.2, -0.15) is 0 Å². The van der Waals surface area contributed by atoms with Gasteiger partial charge in [-0.25, -0.2) is 9.97 Å². The number of fused-ring (bicyclic) bond motifs is 1. The molecule has 3 heterocycles. The largest absolute Gasteiger partial charge is 0.310 e. The zero-order chi connectivity index (χ0) is 18.8. The highest BCUT2D eigenvalue weighted by Gasteiger charge is 2.27. The third-order valence-corrected chi connectivity index (χ3v) is 6.10. The third-order valence-electron chi connectivity index (χ3n) is 5.31. The fourth-order valence-electron chi connectivity index (χ4n) is 3.65. The number of anilines is 1. The summed E-state index contributed by atoms with van der Waals surface area (Å²) in [7, 11) is 4.22. The monoisotopic (exact) mass is 381 g/mol. The van der Waals surface area contributed by atoms with Crippen LogP contribution in [0, 0.1) is 5.92 Å². The van der Waals surface area contributed by atoms with Crippen molar-refractivity contribution in [1.29, 1.82) is 0 Å². The normalized spacial score (nSPS) is 20.1. The fourth-order valence-corrected chi connectivity index (χ4v) is 4.24. The molecule has 3 aromatic heterocycles. The molecule has 1 aliphatic rings. The number of nitrogens with zero attached hydrogens (tertiary/aromatic N) is 4. The van der Waals surface area contributed by atoms with E-state index in [2.05, 4.69) is 34.3 Å². The Bertz CT molecular complexity index is 933. The van der Waals surface area contributed by atoms with Gasteiger partial charge in [0.2, 0.25) is 5.91 Å². The smallest absolute Gasteiger partial charge is 0.228 e. The van der Waals surface area contributed by atoms with E-state index in [1.807, 2.05) is 24.4 Å². The maximum Gasteiger partial charge on any atom is 0.228 e. The molecule has 0 saturated heterocycles. The van der Waals surface area contributed by atoms with E-state index in [0.717, 1.165) is 47.2 Å². The lowest BCUT2D eigenvalue weighted by Gasteiger charge is -2.31. The lowest BCUT2D eigenvalue weighted by molar-refractivity contribution is -0.121.